The predicted octanol–water partition coefficient (Wildman–Crippen LogP) is 2.10. The van der Waals surface area contributed by atoms with Crippen LogP contribution in [0.15, 0.2) is 29.4 Å². The summed E-state index contributed by atoms with van der Waals surface area (Å²) in [6, 6.07) is 3.92. The monoisotopic (exact) mass is 280 g/mol. The third-order valence-corrected chi connectivity index (χ3v) is 4.68. The fourth-order valence-electron chi connectivity index (χ4n) is 2.19. The van der Waals surface area contributed by atoms with Crippen molar-refractivity contribution < 1.29 is 9.53 Å². The molecule has 1 unspecified atom stereocenters. The van der Waals surface area contributed by atoms with Crippen molar-refractivity contribution in [2.45, 2.75) is 30.2 Å². The van der Waals surface area contributed by atoms with Crippen molar-refractivity contribution in [2.24, 2.45) is 5.92 Å². The van der Waals surface area contributed by atoms with Gasteiger partial charge in [-0.25, -0.2) is 0 Å². The highest BCUT2D eigenvalue weighted by molar-refractivity contribution is 7.99. The van der Waals surface area contributed by atoms with E-state index in [1.54, 1.807) is 24.2 Å². The highest BCUT2D eigenvalue weighted by Crippen LogP contribution is 2.42. The fraction of sp³-hybridized carbons (Fsp3) is 0.571. The van der Waals surface area contributed by atoms with Gasteiger partial charge >= 0.3 is 5.97 Å². The Morgan fingerprint density at radius 3 is 2.74 bits per heavy atom. The molecule has 0 amide bonds. The van der Waals surface area contributed by atoms with Crippen LogP contribution in [-0.2, 0) is 9.53 Å². The molecule has 1 fully saturated rings. The quantitative estimate of drug-likeness (QED) is 0.612. The lowest BCUT2D eigenvalue weighted by Gasteiger charge is -2.30. The van der Waals surface area contributed by atoms with Gasteiger partial charge in [0.2, 0.25) is 0 Å². The summed E-state index contributed by atoms with van der Waals surface area (Å²) in [7, 11) is 1.85. The predicted molar refractivity (Wildman–Crippen MR) is 76.1 cm³/mol. The average molecular weight is 280 g/mol. The minimum Gasteiger partial charge on any atom is -0.465 e. The van der Waals surface area contributed by atoms with Gasteiger partial charge in [-0.05, 0) is 44.9 Å². The van der Waals surface area contributed by atoms with E-state index in [0.717, 1.165) is 17.7 Å². The summed E-state index contributed by atoms with van der Waals surface area (Å²) >= 11 is 1.67. The number of aromatic nitrogens is 1. The van der Waals surface area contributed by atoms with Crippen LogP contribution in [0, 0.1) is 5.92 Å². The molecular formula is C14H20N2O2S. The van der Waals surface area contributed by atoms with E-state index in [9.17, 15) is 4.79 Å². The Bertz CT molecular complexity index is 423. The van der Waals surface area contributed by atoms with Crippen molar-refractivity contribution >= 4 is 17.7 Å². The van der Waals surface area contributed by atoms with E-state index in [0.29, 0.717) is 18.3 Å². The molecule has 0 radical (unpaired) electrons. The summed E-state index contributed by atoms with van der Waals surface area (Å²) in [5.41, 5.74) is -0.552. The van der Waals surface area contributed by atoms with Crippen molar-refractivity contribution in [3.63, 3.8) is 0 Å². The maximum absolute atomic E-state index is 12.3. The number of esters is 1. The molecule has 1 saturated carbocycles. The molecule has 0 aromatic carbocycles. The Hall–Kier alpha value is -1.07. The van der Waals surface area contributed by atoms with Crippen LogP contribution in [0.1, 0.15) is 19.8 Å². The van der Waals surface area contributed by atoms with E-state index >= 15 is 0 Å². The molecule has 0 aliphatic heterocycles. The van der Waals surface area contributed by atoms with Crippen molar-refractivity contribution in [3.8, 4) is 0 Å². The van der Waals surface area contributed by atoms with Gasteiger partial charge in [-0.3, -0.25) is 9.78 Å². The SMILES string of the molecule is CCOC(=O)C(CSc1ccncc1)(NC)C1CC1. The van der Waals surface area contributed by atoms with Crippen molar-refractivity contribution in [1.29, 1.82) is 0 Å². The van der Waals surface area contributed by atoms with Gasteiger partial charge in [0, 0.05) is 23.0 Å². The number of thioether (sulfide) groups is 1. The minimum atomic E-state index is -0.552. The highest BCUT2D eigenvalue weighted by Gasteiger charge is 2.51. The fourth-order valence-corrected chi connectivity index (χ4v) is 3.40. The third kappa shape index (κ3) is 3.28. The van der Waals surface area contributed by atoms with Crippen molar-refractivity contribution in [3.05, 3.63) is 24.5 Å². The number of likely N-dealkylation sites (N-methyl/N-ethyl adjacent to an activating group) is 1. The number of rotatable bonds is 7. The first-order valence-electron chi connectivity index (χ1n) is 6.62. The number of ether oxygens (including phenoxy) is 1. The number of hydrogen-bond acceptors (Lipinski definition) is 5. The molecule has 1 aliphatic rings. The van der Waals surface area contributed by atoms with E-state index in [1.807, 2.05) is 26.1 Å². The normalized spacial score (nSPS) is 17.8. The van der Waals surface area contributed by atoms with Crippen LogP contribution in [0.4, 0.5) is 0 Å². The molecule has 5 heteroatoms. The van der Waals surface area contributed by atoms with Crippen LogP contribution >= 0.6 is 11.8 Å². The first kappa shape index (κ1) is 14.3. The lowest BCUT2D eigenvalue weighted by atomic mass is 9.96. The standard InChI is InChI=1S/C14H20N2O2S/c1-3-18-13(17)14(15-2,11-4-5-11)10-19-12-6-8-16-9-7-12/h6-9,11,15H,3-5,10H2,1-2H3. The topological polar surface area (TPSA) is 51.2 Å². The van der Waals surface area contributed by atoms with Gasteiger partial charge in [-0.1, -0.05) is 0 Å². The Balaban J connectivity index is 2.07. The minimum absolute atomic E-state index is 0.124. The summed E-state index contributed by atoms with van der Waals surface area (Å²) in [4.78, 5) is 17.4. The van der Waals surface area contributed by atoms with Crippen LogP contribution < -0.4 is 5.32 Å². The number of pyridine rings is 1. The Morgan fingerprint density at radius 1 is 1.53 bits per heavy atom. The van der Waals surface area contributed by atoms with Gasteiger partial charge in [-0.15, -0.1) is 11.8 Å². The molecule has 104 valence electrons. The van der Waals surface area contributed by atoms with Gasteiger partial charge in [0.1, 0.15) is 5.54 Å². The van der Waals surface area contributed by atoms with E-state index in [4.69, 9.17) is 4.74 Å². The largest absolute Gasteiger partial charge is 0.465 e. The molecule has 19 heavy (non-hydrogen) atoms. The van der Waals surface area contributed by atoms with Crippen LogP contribution in [0.25, 0.3) is 0 Å². The molecule has 0 spiro atoms. The molecule has 1 aliphatic carbocycles. The molecule has 1 N–H and O–H groups in total. The van der Waals surface area contributed by atoms with Gasteiger partial charge in [0.05, 0.1) is 6.61 Å². The van der Waals surface area contributed by atoms with Gasteiger partial charge < -0.3 is 10.1 Å². The lowest BCUT2D eigenvalue weighted by Crippen LogP contribution is -2.55. The molecule has 0 saturated heterocycles. The van der Waals surface area contributed by atoms with Crippen LogP contribution in [0.2, 0.25) is 0 Å². The Kier molecular flexibility index (Phi) is 4.82. The summed E-state index contributed by atoms with van der Waals surface area (Å²) in [5, 5.41) is 3.22. The summed E-state index contributed by atoms with van der Waals surface area (Å²) < 4.78 is 5.26. The molecule has 1 aromatic heterocycles. The highest BCUT2D eigenvalue weighted by atomic mass is 32.2. The Labute approximate surface area is 118 Å². The maximum Gasteiger partial charge on any atom is 0.327 e. The molecule has 1 heterocycles. The van der Waals surface area contributed by atoms with Crippen LogP contribution in [0.3, 0.4) is 0 Å². The smallest absolute Gasteiger partial charge is 0.327 e. The first-order valence-corrected chi connectivity index (χ1v) is 7.60. The molecule has 2 rings (SSSR count). The van der Waals surface area contributed by atoms with Crippen LogP contribution in [-0.4, -0.2) is 35.9 Å². The van der Waals surface area contributed by atoms with E-state index < -0.39 is 5.54 Å². The summed E-state index contributed by atoms with van der Waals surface area (Å²) in [6.07, 6.45) is 5.73. The second-order valence-corrected chi connectivity index (χ2v) is 5.74. The van der Waals surface area contributed by atoms with Crippen molar-refractivity contribution in [1.82, 2.24) is 10.3 Å². The molecule has 1 atom stereocenters. The van der Waals surface area contributed by atoms with Crippen molar-refractivity contribution in [2.75, 3.05) is 19.4 Å². The second-order valence-electron chi connectivity index (χ2n) is 4.69. The molecule has 4 nitrogen and oxygen atoms in total. The maximum atomic E-state index is 12.3. The number of carbonyl (C=O) groups excluding carboxylic acids is 1. The van der Waals surface area contributed by atoms with E-state index in [1.165, 1.54) is 0 Å². The zero-order valence-electron chi connectivity index (χ0n) is 11.4. The second kappa shape index (κ2) is 6.39. The van der Waals surface area contributed by atoms with Gasteiger partial charge in [0.25, 0.3) is 0 Å². The number of hydrogen-bond donors (Lipinski definition) is 1. The summed E-state index contributed by atoms with van der Waals surface area (Å²) in [6.45, 7) is 2.27. The zero-order valence-corrected chi connectivity index (χ0v) is 12.2. The van der Waals surface area contributed by atoms with E-state index in [-0.39, 0.29) is 5.97 Å². The zero-order chi connectivity index (χ0) is 13.7. The average Bonchev–Trinajstić information content (AvgIpc) is 3.27. The van der Waals surface area contributed by atoms with Gasteiger partial charge in [-0.2, -0.15) is 0 Å². The molecule has 1 aromatic rings. The first-order chi connectivity index (χ1) is 9.23. The lowest BCUT2D eigenvalue weighted by molar-refractivity contribution is -0.150. The number of nitrogens with zero attached hydrogens (tertiary/aromatic N) is 1. The molecular weight excluding hydrogens is 260 g/mol. The third-order valence-electron chi connectivity index (χ3n) is 3.48. The summed E-state index contributed by atoms with van der Waals surface area (Å²) in [5.74, 6) is 0.962. The molecule has 0 bridgehead atoms. The Morgan fingerprint density at radius 2 is 2.21 bits per heavy atom. The van der Waals surface area contributed by atoms with Gasteiger partial charge in [0.15, 0.2) is 0 Å². The van der Waals surface area contributed by atoms with E-state index in [2.05, 4.69) is 10.3 Å². The number of nitrogens with one attached hydrogen (secondary N) is 1. The van der Waals surface area contributed by atoms with Crippen LogP contribution in [0.5, 0.6) is 0 Å². The number of carbonyl (C=O) groups is 1.